The van der Waals surface area contributed by atoms with Gasteiger partial charge in [-0.3, -0.25) is 0 Å². The maximum atomic E-state index is 12.3. The molecule has 0 aliphatic carbocycles. The van der Waals surface area contributed by atoms with E-state index in [0.29, 0.717) is 18.4 Å². The van der Waals surface area contributed by atoms with Gasteiger partial charge in [0.15, 0.2) is 0 Å². The highest BCUT2D eigenvalue weighted by Crippen LogP contribution is 2.22. The second-order valence-corrected chi connectivity index (χ2v) is 8.28. The second-order valence-electron chi connectivity index (χ2n) is 8.28. The van der Waals surface area contributed by atoms with Gasteiger partial charge in [-0.1, -0.05) is 40.5 Å². The fourth-order valence-electron chi connectivity index (χ4n) is 2.61. The highest BCUT2D eigenvalue weighted by Gasteiger charge is 2.30. The molecule has 0 heterocycles. The van der Waals surface area contributed by atoms with E-state index in [2.05, 4.69) is 33.0 Å². The summed E-state index contributed by atoms with van der Waals surface area (Å²) in [5.74, 6) is 0.223. The summed E-state index contributed by atoms with van der Waals surface area (Å²) in [4.78, 5) is 24.2. The van der Waals surface area contributed by atoms with Crippen LogP contribution in [0.1, 0.15) is 75.2 Å². The second kappa shape index (κ2) is 11.4. The molecule has 0 aliphatic heterocycles. The highest BCUT2D eigenvalue weighted by molar-refractivity contribution is 5.81. The fourth-order valence-corrected chi connectivity index (χ4v) is 2.61. The van der Waals surface area contributed by atoms with Crippen molar-refractivity contribution in [2.45, 2.75) is 99.0 Å². The molecular weight excluding hydrogens is 334 g/mol. The van der Waals surface area contributed by atoms with Gasteiger partial charge in [0.2, 0.25) is 0 Å². The number of nitrogens with one attached hydrogen (secondary N) is 1. The lowest BCUT2D eigenvalue weighted by molar-refractivity contribution is -0.162. The maximum Gasteiger partial charge on any atom is 0.408 e. The summed E-state index contributed by atoms with van der Waals surface area (Å²) in [6, 6.07) is -0.792. The molecule has 6 heteroatoms. The summed E-state index contributed by atoms with van der Waals surface area (Å²) < 4.78 is 16.8. The standard InChI is InChI=1S/C20H39NO5/c1-10-16(11-2)17(24-12-13(3)4)15(6)25-18(22)14(5)21-19(23)26-20(7,8)9/h13-17H,10-12H2,1-9H3,(H,21,23)/t14-,15-,17-/m0/s1. The van der Waals surface area contributed by atoms with Crippen molar-refractivity contribution < 1.29 is 23.8 Å². The zero-order valence-electron chi connectivity index (χ0n) is 18.0. The van der Waals surface area contributed by atoms with Gasteiger partial charge in [-0.2, -0.15) is 0 Å². The van der Waals surface area contributed by atoms with E-state index in [1.165, 1.54) is 0 Å². The molecule has 0 saturated heterocycles. The first-order chi connectivity index (χ1) is 11.9. The quantitative estimate of drug-likeness (QED) is 0.578. The van der Waals surface area contributed by atoms with Crippen molar-refractivity contribution in [3.63, 3.8) is 0 Å². The minimum atomic E-state index is -0.792. The molecular formula is C20H39NO5. The molecule has 154 valence electrons. The van der Waals surface area contributed by atoms with Crippen LogP contribution in [0.3, 0.4) is 0 Å². The molecule has 0 aromatic carbocycles. The first kappa shape index (κ1) is 24.7. The number of hydrogen-bond acceptors (Lipinski definition) is 5. The smallest absolute Gasteiger partial charge is 0.408 e. The van der Waals surface area contributed by atoms with E-state index >= 15 is 0 Å². The van der Waals surface area contributed by atoms with Crippen LogP contribution in [0.5, 0.6) is 0 Å². The lowest BCUT2D eigenvalue weighted by atomic mass is 9.93. The first-order valence-corrected chi connectivity index (χ1v) is 9.72. The lowest BCUT2D eigenvalue weighted by Crippen LogP contribution is -2.45. The van der Waals surface area contributed by atoms with Crippen LogP contribution in [0.2, 0.25) is 0 Å². The van der Waals surface area contributed by atoms with E-state index < -0.39 is 29.8 Å². The van der Waals surface area contributed by atoms with Crippen molar-refractivity contribution >= 4 is 12.1 Å². The van der Waals surface area contributed by atoms with Crippen LogP contribution in [0.25, 0.3) is 0 Å². The van der Waals surface area contributed by atoms with Crippen LogP contribution < -0.4 is 5.32 Å². The first-order valence-electron chi connectivity index (χ1n) is 9.72. The predicted octanol–water partition coefficient (Wildman–Crippen LogP) is 4.31. The van der Waals surface area contributed by atoms with Crippen LogP contribution in [0, 0.1) is 11.8 Å². The van der Waals surface area contributed by atoms with Crippen molar-refractivity contribution in [3.8, 4) is 0 Å². The Labute approximate surface area is 159 Å². The SMILES string of the molecule is CCC(CC)[C@@H](OCC(C)C)[C@H](C)OC(=O)[C@H](C)NC(=O)OC(C)(C)C. The van der Waals surface area contributed by atoms with Crippen molar-refractivity contribution in [1.29, 1.82) is 0 Å². The molecule has 0 aromatic rings. The Morgan fingerprint density at radius 3 is 1.96 bits per heavy atom. The van der Waals surface area contributed by atoms with Crippen molar-refractivity contribution in [2.75, 3.05) is 6.61 Å². The summed E-state index contributed by atoms with van der Waals surface area (Å²) in [6.07, 6.45) is 0.709. The van der Waals surface area contributed by atoms with E-state index in [4.69, 9.17) is 14.2 Å². The van der Waals surface area contributed by atoms with Gasteiger partial charge in [0.05, 0.1) is 6.10 Å². The number of carbonyl (C=O) groups excluding carboxylic acids is 2. The van der Waals surface area contributed by atoms with Gasteiger partial charge in [-0.05, 0) is 46.5 Å². The molecule has 0 aromatic heterocycles. The van der Waals surface area contributed by atoms with E-state index in [9.17, 15) is 9.59 Å². The summed E-state index contributed by atoms with van der Waals surface area (Å²) in [7, 11) is 0. The Kier molecular flexibility index (Phi) is 10.8. The molecule has 0 spiro atoms. The lowest BCUT2D eigenvalue weighted by Gasteiger charge is -2.32. The predicted molar refractivity (Wildman–Crippen MR) is 103 cm³/mol. The Hall–Kier alpha value is -1.30. The number of hydrogen-bond donors (Lipinski definition) is 1. The van der Waals surface area contributed by atoms with Gasteiger partial charge in [0.25, 0.3) is 0 Å². The Bertz CT molecular complexity index is 426. The summed E-state index contributed by atoms with van der Waals surface area (Å²) in [5.41, 5.74) is -0.619. The summed E-state index contributed by atoms with van der Waals surface area (Å²) in [5, 5.41) is 2.51. The third-order valence-corrected chi connectivity index (χ3v) is 3.99. The molecule has 0 saturated carbocycles. The number of rotatable bonds is 10. The fraction of sp³-hybridized carbons (Fsp3) is 0.900. The number of alkyl carbamates (subject to hydrolysis) is 1. The van der Waals surface area contributed by atoms with Crippen molar-refractivity contribution in [2.24, 2.45) is 11.8 Å². The average molecular weight is 374 g/mol. The molecule has 1 N–H and O–H groups in total. The molecule has 0 rings (SSSR count). The van der Waals surface area contributed by atoms with E-state index in [1.54, 1.807) is 27.7 Å². The van der Waals surface area contributed by atoms with E-state index in [-0.39, 0.29) is 6.10 Å². The minimum absolute atomic E-state index is 0.162. The van der Waals surface area contributed by atoms with Crippen LogP contribution in [0.15, 0.2) is 0 Å². The van der Waals surface area contributed by atoms with Crippen LogP contribution in [0.4, 0.5) is 4.79 Å². The zero-order chi connectivity index (χ0) is 20.5. The van der Waals surface area contributed by atoms with Crippen molar-refractivity contribution in [1.82, 2.24) is 5.32 Å². The number of esters is 1. The normalized spacial score (nSPS) is 15.5. The van der Waals surface area contributed by atoms with Gasteiger partial charge in [-0.25, -0.2) is 9.59 Å². The number of carbonyl (C=O) groups is 2. The summed E-state index contributed by atoms with van der Waals surface area (Å²) in [6.45, 7) is 17.8. The number of amides is 1. The molecule has 0 unspecified atom stereocenters. The van der Waals surface area contributed by atoms with Gasteiger partial charge >= 0.3 is 12.1 Å². The van der Waals surface area contributed by atoms with E-state index in [1.807, 2.05) is 6.92 Å². The molecule has 1 amide bonds. The molecule has 26 heavy (non-hydrogen) atoms. The zero-order valence-corrected chi connectivity index (χ0v) is 18.0. The van der Waals surface area contributed by atoms with Gasteiger partial charge < -0.3 is 19.5 Å². The van der Waals surface area contributed by atoms with Crippen molar-refractivity contribution in [3.05, 3.63) is 0 Å². The maximum absolute atomic E-state index is 12.3. The molecule has 6 nitrogen and oxygen atoms in total. The monoisotopic (exact) mass is 373 g/mol. The topological polar surface area (TPSA) is 73.9 Å². The van der Waals surface area contributed by atoms with Crippen LogP contribution in [-0.2, 0) is 19.0 Å². The van der Waals surface area contributed by atoms with Gasteiger partial charge in [0.1, 0.15) is 17.7 Å². The third-order valence-electron chi connectivity index (χ3n) is 3.99. The van der Waals surface area contributed by atoms with Gasteiger partial charge in [-0.15, -0.1) is 0 Å². The minimum Gasteiger partial charge on any atom is -0.458 e. The Morgan fingerprint density at radius 1 is 1.00 bits per heavy atom. The Morgan fingerprint density at radius 2 is 1.54 bits per heavy atom. The van der Waals surface area contributed by atoms with E-state index in [0.717, 1.165) is 12.8 Å². The summed E-state index contributed by atoms with van der Waals surface area (Å²) >= 11 is 0. The molecule has 0 aliphatic rings. The molecule has 0 bridgehead atoms. The average Bonchev–Trinajstić information content (AvgIpc) is 2.48. The number of ether oxygens (including phenoxy) is 3. The Balaban J connectivity index is 4.80. The molecule has 3 atom stereocenters. The third kappa shape index (κ3) is 10.00. The molecule has 0 radical (unpaired) electrons. The highest BCUT2D eigenvalue weighted by atomic mass is 16.6. The molecule has 0 fully saturated rings. The van der Waals surface area contributed by atoms with Crippen LogP contribution in [-0.4, -0.2) is 42.5 Å². The van der Waals surface area contributed by atoms with Gasteiger partial charge in [0, 0.05) is 6.61 Å². The van der Waals surface area contributed by atoms with Crippen LogP contribution >= 0.6 is 0 Å². The largest absolute Gasteiger partial charge is 0.458 e.